The van der Waals surface area contributed by atoms with Gasteiger partial charge in [0.15, 0.2) is 0 Å². The van der Waals surface area contributed by atoms with Gasteiger partial charge in [0, 0.05) is 26.7 Å². The molecule has 2 rings (SSSR count). The van der Waals surface area contributed by atoms with Crippen molar-refractivity contribution in [3.05, 3.63) is 12.3 Å². The van der Waals surface area contributed by atoms with Crippen molar-refractivity contribution in [2.45, 2.75) is 12.7 Å². The van der Waals surface area contributed by atoms with Crippen LogP contribution in [-0.4, -0.2) is 54.7 Å². The van der Waals surface area contributed by atoms with Gasteiger partial charge in [0.05, 0.1) is 0 Å². The number of rotatable bonds is 0. The predicted octanol–water partition coefficient (Wildman–Crippen LogP) is 0.367. The molecule has 1 saturated heterocycles. The molecule has 1 unspecified atom stereocenters. The highest BCUT2D eigenvalue weighted by molar-refractivity contribution is 4.94. The summed E-state index contributed by atoms with van der Waals surface area (Å²) < 4.78 is 0. The SMILES string of the molecule is CN1C=CCN2CCCN(C)C12. The van der Waals surface area contributed by atoms with E-state index < -0.39 is 0 Å². The molecule has 0 N–H and O–H groups in total. The number of hydrogen-bond donors (Lipinski definition) is 0. The zero-order chi connectivity index (χ0) is 8.55. The molecular weight excluding hydrogens is 150 g/mol. The van der Waals surface area contributed by atoms with Gasteiger partial charge in [-0.2, -0.15) is 0 Å². The maximum atomic E-state index is 2.50. The molecular formula is C9H17N3. The van der Waals surface area contributed by atoms with E-state index in [1.54, 1.807) is 0 Å². The highest BCUT2D eigenvalue weighted by atomic mass is 15.5. The standard InChI is InChI=1S/C9H17N3/c1-10-5-3-7-12-8-4-6-11(2)9(10)12/h3,5,9H,4,6-8H2,1-2H3. The summed E-state index contributed by atoms with van der Waals surface area (Å²) in [7, 11) is 4.35. The van der Waals surface area contributed by atoms with Gasteiger partial charge in [0.1, 0.15) is 6.29 Å². The van der Waals surface area contributed by atoms with Gasteiger partial charge in [-0.15, -0.1) is 0 Å². The number of nitrogens with zero attached hydrogens (tertiary/aromatic N) is 3. The molecule has 0 bridgehead atoms. The first-order valence-electron chi connectivity index (χ1n) is 4.62. The Kier molecular flexibility index (Phi) is 2.07. The fourth-order valence-electron chi connectivity index (χ4n) is 2.21. The van der Waals surface area contributed by atoms with Crippen LogP contribution in [0.3, 0.4) is 0 Å². The summed E-state index contributed by atoms with van der Waals surface area (Å²) in [5.74, 6) is 0. The fraction of sp³-hybridized carbons (Fsp3) is 0.778. The quantitative estimate of drug-likeness (QED) is 0.516. The van der Waals surface area contributed by atoms with Crippen molar-refractivity contribution in [3.8, 4) is 0 Å². The Morgan fingerprint density at radius 2 is 2.08 bits per heavy atom. The monoisotopic (exact) mass is 167 g/mol. The van der Waals surface area contributed by atoms with Crippen molar-refractivity contribution in [3.63, 3.8) is 0 Å². The molecule has 12 heavy (non-hydrogen) atoms. The van der Waals surface area contributed by atoms with Crippen LogP contribution < -0.4 is 0 Å². The molecule has 68 valence electrons. The van der Waals surface area contributed by atoms with Gasteiger partial charge in [-0.05, 0) is 19.7 Å². The van der Waals surface area contributed by atoms with Gasteiger partial charge in [-0.1, -0.05) is 6.08 Å². The van der Waals surface area contributed by atoms with Gasteiger partial charge in [0.25, 0.3) is 0 Å². The minimum atomic E-state index is 0.503. The minimum absolute atomic E-state index is 0.503. The molecule has 1 fully saturated rings. The van der Waals surface area contributed by atoms with Crippen LogP contribution >= 0.6 is 0 Å². The van der Waals surface area contributed by atoms with Crippen molar-refractivity contribution in [2.75, 3.05) is 33.7 Å². The van der Waals surface area contributed by atoms with Crippen molar-refractivity contribution >= 4 is 0 Å². The van der Waals surface area contributed by atoms with Gasteiger partial charge in [-0.3, -0.25) is 9.80 Å². The lowest BCUT2D eigenvalue weighted by molar-refractivity contribution is -0.0556. The van der Waals surface area contributed by atoms with E-state index in [-0.39, 0.29) is 0 Å². The summed E-state index contributed by atoms with van der Waals surface area (Å²) in [6.45, 7) is 3.57. The lowest BCUT2D eigenvalue weighted by Crippen LogP contribution is -2.59. The molecule has 3 nitrogen and oxygen atoms in total. The van der Waals surface area contributed by atoms with Crippen LogP contribution in [-0.2, 0) is 0 Å². The molecule has 2 aliphatic heterocycles. The molecule has 0 aromatic heterocycles. The van der Waals surface area contributed by atoms with Crippen LogP contribution in [0.4, 0.5) is 0 Å². The van der Waals surface area contributed by atoms with Crippen molar-refractivity contribution in [1.29, 1.82) is 0 Å². The number of hydrogen-bond acceptors (Lipinski definition) is 3. The molecule has 0 saturated carbocycles. The second-order valence-electron chi connectivity index (χ2n) is 3.73. The third-order valence-electron chi connectivity index (χ3n) is 2.72. The zero-order valence-corrected chi connectivity index (χ0v) is 7.90. The average molecular weight is 167 g/mol. The summed E-state index contributed by atoms with van der Waals surface area (Å²) in [6, 6.07) is 0. The highest BCUT2D eigenvalue weighted by Gasteiger charge is 2.29. The lowest BCUT2D eigenvalue weighted by Gasteiger charge is -2.47. The second kappa shape index (κ2) is 3.07. The van der Waals surface area contributed by atoms with E-state index in [4.69, 9.17) is 0 Å². The molecule has 0 aromatic carbocycles. The minimum Gasteiger partial charge on any atom is -0.353 e. The van der Waals surface area contributed by atoms with Crippen LogP contribution in [0.25, 0.3) is 0 Å². The first-order valence-corrected chi connectivity index (χ1v) is 4.62. The third-order valence-corrected chi connectivity index (χ3v) is 2.72. The summed E-state index contributed by atoms with van der Waals surface area (Å²) >= 11 is 0. The lowest BCUT2D eigenvalue weighted by atomic mass is 10.2. The molecule has 3 heteroatoms. The predicted molar refractivity (Wildman–Crippen MR) is 49.5 cm³/mol. The second-order valence-corrected chi connectivity index (χ2v) is 3.73. The molecule has 0 radical (unpaired) electrons. The Labute approximate surface area is 74.2 Å². The molecule has 2 aliphatic rings. The first-order chi connectivity index (χ1) is 5.79. The summed E-state index contributed by atoms with van der Waals surface area (Å²) in [5.41, 5.74) is 0. The summed E-state index contributed by atoms with van der Waals surface area (Å²) in [5, 5.41) is 0. The van der Waals surface area contributed by atoms with E-state index in [1.165, 1.54) is 19.5 Å². The summed E-state index contributed by atoms with van der Waals surface area (Å²) in [6.07, 6.45) is 6.22. The van der Waals surface area contributed by atoms with Crippen LogP contribution in [0, 0.1) is 0 Å². The smallest absolute Gasteiger partial charge is 0.139 e. The van der Waals surface area contributed by atoms with Gasteiger partial charge < -0.3 is 4.90 Å². The van der Waals surface area contributed by atoms with E-state index in [0.29, 0.717) is 6.29 Å². The topological polar surface area (TPSA) is 9.72 Å². The fourth-order valence-corrected chi connectivity index (χ4v) is 2.21. The maximum absolute atomic E-state index is 2.50. The average Bonchev–Trinajstić information content (AvgIpc) is 2.04. The van der Waals surface area contributed by atoms with Gasteiger partial charge in [0.2, 0.25) is 0 Å². The Bertz CT molecular complexity index is 190. The van der Waals surface area contributed by atoms with Crippen LogP contribution in [0.2, 0.25) is 0 Å². The molecule has 2 heterocycles. The van der Waals surface area contributed by atoms with E-state index in [2.05, 4.69) is 41.1 Å². The number of fused-ring (bicyclic) bond motifs is 1. The largest absolute Gasteiger partial charge is 0.353 e. The summed E-state index contributed by atoms with van der Waals surface area (Å²) in [4.78, 5) is 7.19. The highest BCUT2D eigenvalue weighted by Crippen LogP contribution is 2.18. The van der Waals surface area contributed by atoms with E-state index in [9.17, 15) is 0 Å². The van der Waals surface area contributed by atoms with Crippen LogP contribution in [0.1, 0.15) is 6.42 Å². The first kappa shape index (κ1) is 8.08. The third kappa shape index (κ3) is 1.23. The van der Waals surface area contributed by atoms with Crippen LogP contribution in [0.5, 0.6) is 0 Å². The van der Waals surface area contributed by atoms with Gasteiger partial charge >= 0.3 is 0 Å². The van der Waals surface area contributed by atoms with Crippen LogP contribution in [0.15, 0.2) is 12.3 Å². The van der Waals surface area contributed by atoms with E-state index >= 15 is 0 Å². The van der Waals surface area contributed by atoms with Crippen molar-refractivity contribution in [1.82, 2.24) is 14.7 Å². The molecule has 0 aliphatic carbocycles. The Balaban J connectivity index is 2.14. The van der Waals surface area contributed by atoms with E-state index in [1.807, 2.05) is 0 Å². The molecule has 0 spiro atoms. The molecule has 1 atom stereocenters. The normalized spacial score (nSPS) is 32.2. The zero-order valence-electron chi connectivity index (χ0n) is 7.90. The van der Waals surface area contributed by atoms with E-state index in [0.717, 1.165) is 6.54 Å². The molecule has 0 amide bonds. The maximum Gasteiger partial charge on any atom is 0.139 e. The van der Waals surface area contributed by atoms with Crippen molar-refractivity contribution < 1.29 is 0 Å². The van der Waals surface area contributed by atoms with Gasteiger partial charge in [-0.25, -0.2) is 0 Å². The van der Waals surface area contributed by atoms with Crippen molar-refractivity contribution in [2.24, 2.45) is 0 Å². The molecule has 0 aromatic rings. The Hall–Kier alpha value is -0.540. The Morgan fingerprint density at radius 3 is 2.83 bits per heavy atom. The Morgan fingerprint density at radius 1 is 1.25 bits per heavy atom.